The number of hydrogen-bond acceptors (Lipinski definition) is 3. The van der Waals surface area contributed by atoms with Gasteiger partial charge in [-0.1, -0.05) is 20.8 Å². The number of ketones is 1. The molecule has 1 unspecified atom stereocenters. The number of carbonyl (C=O) groups is 2. The largest absolute Gasteiger partial charge is 0.322 e. The van der Waals surface area contributed by atoms with Crippen molar-refractivity contribution in [2.45, 2.75) is 47.0 Å². The van der Waals surface area contributed by atoms with E-state index >= 15 is 0 Å². The quantitative estimate of drug-likeness (QED) is 0.754. The van der Waals surface area contributed by atoms with Gasteiger partial charge >= 0.3 is 0 Å². The van der Waals surface area contributed by atoms with Gasteiger partial charge in [0, 0.05) is 21.5 Å². The summed E-state index contributed by atoms with van der Waals surface area (Å²) >= 11 is 1.71. The fourth-order valence-corrected chi connectivity index (χ4v) is 4.59. The van der Waals surface area contributed by atoms with Crippen LogP contribution in [0.15, 0.2) is 29.6 Å². The Labute approximate surface area is 153 Å². The SMILES string of the molecule is CC(=O)c1ccc(NC(=O)c2csc3c2CCC(C(C)(C)C)C3)cc1. The predicted molar refractivity (Wildman–Crippen MR) is 104 cm³/mol. The zero-order valence-corrected chi connectivity index (χ0v) is 16.1. The molecule has 2 aromatic rings. The molecule has 1 N–H and O–H groups in total. The Bertz CT molecular complexity index is 796. The third-order valence-electron chi connectivity index (χ3n) is 5.17. The lowest BCUT2D eigenvalue weighted by atomic mass is 9.72. The summed E-state index contributed by atoms with van der Waals surface area (Å²) < 4.78 is 0. The van der Waals surface area contributed by atoms with Gasteiger partial charge in [0.2, 0.25) is 0 Å². The first kappa shape index (κ1) is 17.9. The lowest BCUT2D eigenvalue weighted by molar-refractivity contribution is 0.101. The molecule has 0 saturated carbocycles. The van der Waals surface area contributed by atoms with Crippen molar-refractivity contribution in [3.8, 4) is 0 Å². The Morgan fingerprint density at radius 3 is 2.44 bits per heavy atom. The van der Waals surface area contributed by atoms with E-state index < -0.39 is 0 Å². The number of rotatable bonds is 3. The zero-order chi connectivity index (χ0) is 18.2. The van der Waals surface area contributed by atoms with Gasteiger partial charge in [-0.15, -0.1) is 11.3 Å². The number of hydrogen-bond donors (Lipinski definition) is 1. The maximum absolute atomic E-state index is 12.7. The van der Waals surface area contributed by atoms with Gasteiger partial charge in [-0.05, 0) is 67.3 Å². The first-order valence-corrected chi connectivity index (χ1v) is 9.65. The molecule has 0 bridgehead atoms. The highest BCUT2D eigenvalue weighted by atomic mass is 32.1. The Kier molecular flexibility index (Phi) is 4.83. The number of amides is 1. The summed E-state index contributed by atoms with van der Waals surface area (Å²) in [6.45, 7) is 8.44. The molecule has 0 saturated heterocycles. The molecule has 3 rings (SSSR count). The highest BCUT2D eigenvalue weighted by molar-refractivity contribution is 7.10. The van der Waals surface area contributed by atoms with E-state index in [1.54, 1.807) is 35.6 Å². The summed E-state index contributed by atoms with van der Waals surface area (Å²) in [5, 5.41) is 4.95. The van der Waals surface area contributed by atoms with E-state index in [2.05, 4.69) is 26.1 Å². The van der Waals surface area contributed by atoms with Gasteiger partial charge in [-0.3, -0.25) is 9.59 Å². The standard InChI is InChI=1S/C21H25NO2S/c1-13(23)14-5-8-16(9-6-14)22-20(24)18-12-25-19-11-15(21(2,3)4)7-10-17(18)19/h5-6,8-9,12,15H,7,10-11H2,1-4H3,(H,22,24). The van der Waals surface area contributed by atoms with E-state index in [4.69, 9.17) is 0 Å². The van der Waals surface area contributed by atoms with Crippen molar-refractivity contribution >= 4 is 28.7 Å². The summed E-state index contributed by atoms with van der Waals surface area (Å²) in [5.74, 6) is 0.647. The molecule has 4 heteroatoms. The van der Waals surface area contributed by atoms with Crippen LogP contribution < -0.4 is 5.32 Å². The molecule has 1 aromatic carbocycles. The monoisotopic (exact) mass is 355 g/mol. The van der Waals surface area contributed by atoms with Gasteiger partial charge in [0.05, 0.1) is 5.56 Å². The van der Waals surface area contributed by atoms with Crippen LogP contribution in [-0.4, -0.2) is 11.7 Å². The van der Waals surface area contributed by atoms with E-state index in [9.17, 15) is 9.59 Å². The van der Waals surface area contributed by atoms with Gasteiger partial charge < -0.3 is 5.32 Å². The van der Waals surface area contributed by atoms with Crippen LogP contribution in [0, 0.1) is 11.3 Å². The summed E-state index contributed by atoms with van der Waals surface area (Å²) in [4.78, 5) is 25.4. The lowest BCUT2D eigenvalue weighted by Crippen LogP contribution is -2.27. The minimum absolute atomic E-state index is 0.0261. The first-order valence-electron chi connectivity index (χ1n) is 8.77. The summed E-state index contributed by atoms with van der Waals surface area (Å²) in [6, 6.07) is 7.05. The molecule has 132 valence electrons. The molecule has 3 nitrogen and oxygen atoms in total. The molecule has 1 aromatic heterocycles. The maximum atomic E-state index is 12.7. The fourth-order valence-electron chi connectivity index (χ4n) is 3.43. The number of fused-ring (bicyclic) bond motifs is 1. The molecule has 1 heterocycles. The average molecular weight is 356 g/mol. The number of carbonyl (C=O) groups excluding carboxylic acids is 2. The second kappa shape index (κ2) is 6.75. The van der Waals surface area contributed by atoms with Crippen molar-refractivity contribution in [3.05, 3.63) is 51.2 Å². The predicted octanol–water partition coefficient (Wildman–Crippen LogP) is 5.35. The summed E-state index contributed by atoms with van der Waals surface area (Å²) in [5.41, 5.74) is 3.71. The van der Waals surface area contributed by atoms with E-state index in [-0.39, 0.29) is 11.7 Å². The van der Waals surface area contributed by atoms with Crippen LogP contribution >= 0.6 is 11.3 Å². The average Bonchev–Trinajstić information content (AvgIpc) is 2.97. The van der Waals surface area contributed by atoms with Gasteiger partial charge in [0.1, 0.15) is 0 Å². The van der Waals surface area contributed by atoms with Crippen molar-refractivity contribution in [1.82, 2.24) is 0 Å². The molecule has 0 fully saturated rings. The van der Waals surface area contributed by atoms with Crippen LogP contribution in [0.5, 0.6) is 0 Å². The third-order valence-corrected chi connectivity index (χ3v) is 6.23. The normalized spacial score (nSPS) is 17.0. The molecule has 0 aliphatic heterocycles. The molecule has 1 aliphatic rings. The van der Waals surface area contributed by atoms with Crippen molar-refractivity contribution < 1.29 is 9.59 Å². The Morgan fingerprint density at radius 2 is 1.84 bits per heavy atom. The van der Waals surface area contributed by atoms with Crippen molar-refractivity contribution in [1.29, 1.82) is 0 Å². The third kappa shape index (κ3) is 3.84. The maximum Gasteiger partial charge on any atom is 0.256 e. The van der Waals surface area contributed by atoms with Crippen LogP contribution in [0.25, 0.3) is 0 Å². The van der Waals surface area contributed by atoms with Crippen molar-refractivity contribution in [2.24, 2.45) is 11.3 Å². The molecule has 25 heavy (non-hydrogen) atoms. The molecule has 0 radical (unpaired) electrons. The van der Waals surface area contributed by atoms with Crippen LogP contribution in [0.4, 0.5) is 5.69 Å². The number of benzene rings is 1. The summed E-state index contributed by atoms with van der Waals surface area (Å²) in [6.07, 6.45) is 3.19. The first-order chi connectivity index (χ1) is 11.8. The highest BCUT2D eigenvalue weighted by Gasteiger charge is 2.31. The van der Waals surface area contributed by atoms with Crippen molar-refractivity contribution in [2.75, 3.05) is 5.32 Å². The minimum Gasteiger partial charge on any atom is -0.322 e. The topological polar surface area (TPSA) is 46.2 Å². The molecule has 1 amide bonds. The Morgan fingerprint density at radius 1 is 1.16 bits per heavy atom. The Hall–Kier alpha value is -1.94. The second-order valence-electron chi connectivity index (χ2n) is 7.94. The summed E-state index contributed by atoms with van der Waals surface area (Å²) in [7, 11) is 0. The lowest BCUT2D eigenvalue weighted by Gasteiger charge is -2.34. The van der Waals surface area contributed by atoms with Crippen LogP contribution in [0.2, 0.25) is 0 Å². The van der Waals surface area contributed by atoms with E-state index in [0.29, 0.717) is 16.9 Å². The van der Waals surface area contributed by atoms with E-state index in [1.165, 1.54) is 17.4 Å². The van der Waals surface area contributed by atoms with Crippen LogP contribution in [0.1, 0.15) is 65.3 Å². The number of thiophene rings is 1. The van der Waals surface area contributed by atoms with E-state index in [1.807, 2.05) is 5.38 Å². The molecule has 1 atom stereocenters. The van der Waals surface area contributed by atoms with Crippen LogP contribution in [-0.2, 0) is 12.8 Å². The molecular weight excluding hydrogens is 330 g/mol. The molecule has 0 spiro atoms. The van der Waals surface area contributed by atoms with E-state index in [0.717, 1.165) is 30.5 Å². The van der Waals surface area contributed by atoms with Gasteiger partial charge in [-0.2, -0.15) is 0 Å². The second-order valence-corrected chi connectivity index (χ2v) is 8.91. The molecule has 1 aliphatic carbocycles. The van der Waals surface area contributed by atoms with Crippen LogP contribution in [0.3, 0.4) is 0 Å². The van der Waals surface area contributed by atoms with Gasteiger partial charge in [0.25, 0.3) is 5.91 Å². The zero-order valence-electron chi connectivity index (χ0n) is 15.3. The molecular formula is C21H25NO2S. The van der Waals surface area contributed by atoms with Crippen molar-refractivity contribution in [3.63, 3.8) is 0 Å². The van der Waals surface area contributed by atoms with Gasteiger partial charge in [-0.25, -0.2) is 0 Å². The Balaban J connectivity index is 1.74. The minimum atomic E-state index is -0.0534. The number of Topliss-reactive ketones (excluding diaryl/α,β-unsaturated/α-hetero) is 1. The smallest absolute Gasteiger partial charge is 0.256 e. The van der Waals surface area contributed by atoms with Gasteiger partial charge in [0.15, 0.2) is 5.78 Å². The number of nitrogens with one attached hydrogen (secondary N) is 1. The highest BCUT2D eigenvalue weighted by Crippen LogP contribution is 2.40. The number of anilines is 1. The fraction of sp³-hybridized carbons (Fsp3) is 0.429.